The summed E-state index contributed by atoms with van der Waals surface area (Å²) in [4.78, 5) is 35.5. The van der Waals surface area contributed by atoms with Gasteiger partial charge in [0.1, 0.15) is 0 Å². The molecule has 1 aliphatic rings. The molecule has 0 spiro atoms. The van der Waals surface area contributed by atoms with Crippen molar-refractivity contribution in [2.24, 2.45) is 5.73 Å². The lowest BCUT2D eigenvalue weighted by Gasteiger charge is -2.12. The van der Waals surface area contributed by atoms with E-state index in [4.69, 9.17) is 5.73 Å². The lowest BCUT2D eigenvalue weighted by molar-refractivity contribution is -0.118. The third-order valence-corrected chi connectivity index (χ3v) is 2.68. The average molecular weight is 232 g/mol. The van der Waals surface area contributed by atoms with Crippen molar-refractivity contribution in [2.75, 3.05) is 6.54 Å². The van der Waals surface area contributed by atoms with Gasteiger partial charge in [-0.1, -0.05) is 12.1 Å². The Morgan fingerprint density at radius 2 is 1.65 bits per heavy atom. The first-order valence-corrected chi connectivity index (χ1v) is 5.35. The van der Waals surface area contributed by atoms with Gasteiger partial charge in [0.15, 0.2) is 0 Å². The van der Waals surface area contributed by atoms with Crippen molar-refractivity contribution < 1.29 is 14.4 Å². The van der Waals surface area contributed by atoms with Crippen molar-refractivity contribution in [3.63, 3.8) is 0 Å². The van der Waals surface area contributed by atoms with Crippen LogP contribution in [-0.2, 0) is 4.79 Å². The van der Waals surface area contributed by atoms with E-state index in [0.717, 1.165) is 4.90 Å². The van der Waals surface area contributed by atoms with E-state index in [0.29, 0.717) is 17.5 Å². The van der Waals surface area contributed by atoms with Gasteiger partial charge in [-0.15, -0.1) is 0 Å². The van der Waals surface area contributed by atoms with Gasteiger partial charge in [-0.05, 0) is 18.6 Å². The fourth-order valence-corrected chi connectivity index (χ4v) is 1.85. The molecular weight excluding hydrogens is 220 g/mol. The molecule has 0 unspecified atom stereocenters. The fraction of sp³-hybridized carbons (Fsp3) is 0.250. The fourth-order valence-electron chi connectivity index (χ4n) is 1.85. The smallest absolute Gasteiger partial charge is 0.261 e. The molecule has 2 rings (SSSR count). The Labute approximate surface area is 98.2 Å². The molecular formula is C12H12N2O3. The number of nitrogens with zero attached hydrogens (tertiary/aromatic N) is 1. The van der Waals surface area contributed by atoms with E-state index in [1.807, 2.05) is 0 Å². The molecule has 88 valence electrons. The Balaban J connectivity index is 2.11. The molecule has 0 fully saturated rings. The quantitative estimate of drug-likeness (QED) is 0.769. The van der Waals surface area contributed by atoms with Crippen LogP contribution in [0.4, 0.5) is 0 Å². The van der Waals surface area contributed by atoms with Crippen molar-refractivity contribution in [1.82, 2.24) is 4.90 Å². The number of benzene rings is 1. The second kappa shape index (κ2) is 4.37. The van der Waals surface area contributed by atoms with Gasteiger partial charge in [-0.25, -0.2) is 0 Å². The summed E-state index contributed by atoms with van der Waals surface area (Å²) in [7, 11) is 0. The number of primary amides is 1. The molecule has 5 heteroatoms. The molecule has 1 aliphatic heterocycles. The third-order valence-electron chi connectivity index (χ3n) is 2.68. The number of hydrogen-bond donors (Lipinski definition) is 1. The van der Waals surface area contributed by atoms with Crippen LogP contribution in [0.2, 0.25) is 0 Å². The molecule has 0 aromatic heterocycles. The first kappa shape index (κ1) is 11.3. The van der Waals surface area contributed by atoms with E-state index in [9.17, 15) is 14.4 Å². The zero-order valence-electron chi connectivity index (χ0n) is 9.18. The van der Waals surface area contributed by atoms with Crippen LogP contribution in [0.25, 0.3) is 0 Å². The lowest BCUT2D eigenvalue weighted by Crippen LogP contribution is -2.31. The summed E-state index contributed by atoms with van der Waals surface area (Å²) in [6, 6.07) is 6.70. The molecule has 0 radical (unpaired) electrons. The summed E-state index contributed by atoms with van der Waals surface area (Å²) < 4.78 is 0. The number of carbonyl (C=O) groups is 3. The number of hydrogen-bond acceptors (Lipinski definition) is 3. The van der Waals surface area contributed by atoms with Crippen LogP contribution in [-0.4, -0.2) is 29.2 Å². The first-order valence-electron chi connectivity index (χ1n) is 5.35. The van der Waals surface area contributed by atoms with Gasteiger partial charge < -0.3 is 5.73 Å². The van der Waals surface area contributed by atoms with E-state index in [-0.39, 0.29) is 24.8 Å². The van der Waals surface area contributed by atoms with Gasteiger partial charge >= 0.3 is 0 Å². The molecule has 0 saturated carbocycles. The summed E-state index contributed by atoms with van der Waals surface area (Å²) in [6.07, 6.45) is 0.578. The van der Waals surface area contributed by atoms with Gasteiger partial charge in [0.25, 0.3) is 11.8 Å². The number of nitrogens with two attached hydrogens (primary N) is 1. The maximum Gasteiger partial charge on any atom is 0.261 e. The highest BCUT2D eigenvalue weighted by molar-refractivity contribution is 6.21. The van der Waals surface area contributed by atoms with Crippen LogP contribution in [0.1, 0.15) is 33.6 Å². The molecule has 1 aromatic carbocycles. The summed E-state index contributed by atoms with van der Waals surface area (Å²) in [6.45, 7) is 0.231. The molecule has 2 N–H and O–H groups in total. The van der Waals surface area contributed by atoms with Gasteiger partial charge in [0.2, 0.25) is 5.91 Å². The first-order chi connectivity index (χ1) is 8.11. The Morgan fingerprint density at radius 1 is 1.12 bits per heavy atom. The van der Waals surface area contributed by atoms with Crippen LogP contribution >= 0.6 is 0 Å². The number of rotatable bonds is 4. The third kappa shape index (κ3) is 2.04. The van der Waals surface area contributed by atoms with Crippen molar-refractivity contribution >= 4 is 17.7 Å². The second-order valence-corrected chi connectivity index (χ2v) is 3.88. The van der Waals surface area contributed by atoms with Crippen LogP contribution in [0, 0.1) is 0 Å². The number of carbonyl (C=O) groups excluding carboxylic acids is 3. The highest BCUT2D eigenvalue weighted by atomic mass is 16.2. The van der Waals surface area contributed by atoms with Gasteiger partial charge in [0, 0.05) is 13.0 Å². The summed E-state index contributed by atoms with van der Waals surface area (Å²) in [5, 5.41) is 0. The number of imide groups is 1. The molecule has 0 bridgehead atoms. The number of amides is 3. The second-order valence-electron chi connectivity index (χ2n) is 3.88. The maximum atomic E-state index is 11.9. The zero-order valence-corrected chi connectivity index (χ0v) is 9.18. The molecule has 0 atom stereocenters. The standard InChI is InChI=1S/C12H12N2O3/c13-10(15)6-3-7-14-11(16)8-4-1-2-5-9(8)12(14)17/h1-2,4-5H,3,6-7H2,(H2,13,15). The summed E-state index contributed by atoms with van der Waals surface area (Å²) in [5.41, 5.74) is 5.86. The van der Waals surface area contributed by atoms with E-state index >= 15 is 0 Å². The zero-order chi connectivity index (χ0) is 12.4. The molecule has 0 saturated heterocycles. The molecule has 1 heterocycles. The number of fused-ring (bicyclic) bond motifs is 1. The topological polar surface area (TPSA) is 80.5 Å². The summed E-state index contributed by atoms with van der Waals surface area (Å²) in [5.74, 6) is -1.02. The van der Waals surface area contributed by atoms with Crippen LogP contribution in [0.15, 0.2) is 24.3 Å². The molecule has 1 aromatic rings. The molecule has 5 nitrogen and oxygen atoms in total. The van der Waals surface area contributed by atoms with Gasteiger partial charge in [-0.3, -0.25) is 19.3 Å². The van der Waals surface area contributed by atoms with Gasteiger partial charge in [0.05, 0.1) is 11.1 Å². The lowest BCUT2D eigenvalue weighted by atomic mass is 10.1. The normalized spacial score (nSPS) is 14.0. The average Bonchev–Trinajstić information content (AvgIpc) is 2.54. The summed E-state index contributed by atoms with van der Waals surface area (Å²) >= 11 is 0. The van der Waals surface area contributed by atoms with Crippen molar-refractivity contribution in [1.29, 1.82) is 0 Å². The molecule has 3 amide bonds. The van der Waals surface area contributed by atoms with E-state index in [2.05, 4.69) is 0 Å². The largest absolute Gasteiger partial charge is 0.370 e. The Bertz CT molecular complexity index is 461. The van der Waals surface area contributed by atoms with Gasteiger partial charge in [-0.2, -0.15) is 0 Å². The van der Waals surface area contributed by atoms with Crippen molar-refractivity contribution in [2.45, 2.75) is 12.8 Å². The van der Waals surface area contributed by atoms with Crippen LogP contribution < -0.4 is 5.73 Å². The minimum absolute atomic E-state index is 0.174. The highest BCUT2D eigenvalue weighted by Crippen LogP contribution is 2.22. The van der Waals surface area contributed by atoms with Crippen LogP contribution in [0.3, 0.4) is 0 Å². The minimum Gasteiger partial charge on any atom is -0.370 e. The Kier molecular flexibility index (Phi) is 2.91. The van der Waals surface area contributed by atoms with Crippen LogP contribution in [0.5, 0.6) is 0 Å². The van der Waals surface area contributed by atoms with E-state index in [1.165, 1.54) is 0 Å². The predicted octanol–water partition coefficient (Wildman–Crippen LogP) is 0.548. The molecule has 17 heavy (non-hydrogen) atoms. The maximum absolute atomic E-state index is 11.9. The van der Waals surface area contributed by atoms with E-state index in [1.54, 1.807) is 24.3 Å². The Morgan fingerprint density at radius 3 is 2.12 bits per heavy atom. The SMILES string of the molecule is NC(=O)CCCN1C(=O)c2ccccc2C1=O. The van der Waals surface area contributed by atoms with E-state index < -0.39 is 5.91 Å². The van der Waals surface area contributed by atoms with Crippen molar-refractivity contribution in [3.05, 3.63) is 35.4 Å². The Hall–Kier alpha value is -2.17. The van der Waals surface area contributed by atoms with Crippen molar-refractivity contribution in [3.8, 4) is 0 Å². The monoisotopic (exact) mass is 232 g/mol. The molecule has 0 aliphatic carbocycles. The highest BCUT2D eigenvalue weighted by Gasteiger charge is 2.34. The minimum atomic E-state index is -0.429. The predicted molar refractivity (Wildman–Crippen MR) is 60.2 cm³/mol.